The summed E-state index contributed by atoms with van der Waals surface area (Å²) < 4.78 is 1.53. The zero-order valence-corrected chi connectivity index (χ0v) is 22.1. The number of likely N-dealkylation sites (N-methyl/N-ethyl adjacent to an activating group) is 2. The minimum absolute atomic E-state index is 0.157. The van der Waals surface area contributed by atoms with Crippen LogP contribution in [0.25, 0.3) is 17.1 Å². The van der Waals surface area contributed by atoms with E-state index in [1.54, 1.807) is 18.6 Å². The van der Waals surface area contributed by atoms with E-state index in [1.165, 1.54) is 21.4 Å². The summed E-state index contributed by atoms with van der Waals surface area (Å²) in [6, 6.07) is 4.37. The smallest absolute Gasteiger partial charge is 0.254 e. The molecule has 0 unspecified atom stereocenters. The lowest BCUT2D eigenvalue weighted by atomic mass is 9.92. The predicted octanol–water partition coefficient (Wildman–Crippen LogP) is 1.58. The first kappa shape index (κ1) is 25.3. The molecule has 0 aliphatic carbocycles. The fourth-order valence-corrected chi connectivity index (χ4v) is 5.22. The Morgan fingerprint density at radius 3 is 2.68 bits per heavy atom. The van der Waals surface area contributed by atoms with E-state index >= 15 is 0 Å². The number of anilines is 1. The molecule has 0 spiro atoms. The van der Waals surface area contributed by atoms with E-state index in [4.69, 9.17) is 10.7 Å². The van der Waals surface area contributed by atoms with E-state index in [9.17, 15) is 4.79 Å². The highest BCUT2D eigenvalue weighted by Gasteiger charge is 2.19. The van der Waals surface area contributed by atoms with E-state index in [0.29, 0.717) is 17.9 Å². The molecule has 0 saturated carbocycles. The van der Waals surface area contributed by atoms with Crippen LogP contribution in [-0.2, 0) is 13.0 Å². The quantitative estimate of drug-likeness (QED) is 0.500. The summed E-state index contributed by atoms with van der Waals surface area (Å²) in [4.78, 5) is 29.1. The average molecular weight is 504 g/mol. The third kappa shape index (κ3) is 5.66. The molecule has 37 heavy (non-hydrogen) atoms. The molecule has 3 aromatic rings. The summed E-state index contributed by atoms with van der Waals surface area (Å²) in [6.07, 6.45) is 5.96. The zero-order chi connectivity index (χ0) is 25.9. The molecule has 1 saturated heterocycles. The average Bonchev–Trinajstić information content (AvgIpc) is 3.39. The molecule has 0 bridgehead atoms. The molecule has 1 fully saturated rings. The number of fused-ring (bicyclic) bond motifs is 1. The lowest BCUT2D eigenvalue weighted by Crippen LogP contribution is -2.48. The predicted molar refractivity (Wildman–Crippen MR) is 145 cm³/mol. The second-order valence-corrected chi connectivity index (χ2v) is 10.1. The van der Waals surface area contributed by atoms with Crippen LogP contribution in [0.1, 0.15) is 34.0 Å². The number of aryl methyl sites for hydroxylation is 1. The number of piperazine rings is 1. The molecule has 0 atom stereocenters. The molecule has 196 valence electrons. The van der Waals surface area contributed by atoms with Gasteiger partial charge in [0.15, 0.2) is 11.6 Å². The first-order valence-electron chi connectivity index (χ1n) is 13.1. The highest BCUT2D eigenvalue weighted by molar-refractivity contribution is 5.93. The van der Waals surface area contributed by atoms with Crippen molar-refractivity contribution in [3.05, 3.63) is 53.0 Å². The van der Waals surface area contributed by atoms with Crippen molar-refractivity contribution in [2.75, 3.05) is 65.1 Å². The van der Waals surface area contributed by atoms with Crippen LogP contribution in [-0.4, -0.2) is 99.8 Å². The molecule has 0 radical (unpaired) electrons. The fourth-order valence-electron chi connectivity index (χ4n) is 5.22. The van der Waals surface area contributed by atoms with Crippen molar-refractivity contribution in [2.45, 2.75) is 26.8 Å². The summed E-state index contributed by atoms with van der Waals surface area (Å²) in [5, 5.41) is 7.38. The Bertz CT molecular complexity index is 1260. The SMILES string of the molecule is CCN1CCN(CCNC(=O)c2cnn(-c3nc(-c4cc(C)c5c(c4)CN(C)CC5)cnc3N)c2)CC1. The minimum atomic E-state index is -0.157. The molecule has 3 N–H and O–H groups in total. The molecule has 10 nitrogen and oxygen atoms in total. The monoisotopic (exact) mass is 503 g/mol. The number of nitrogens with two attached hydrogens (primary N) is 1. The van der Waals surface area contributed by atoms with Crippen molar-refractivity contribution in [2.24, 2.45) is 0 Å². The molecule has 1 aromatic carbocycles. The number of carbonyl (C=O) groups is 1. The van der Waals surface area contributed by atoms with Gasteiger partial charge in [0.05, 0.1) is 23.7 Å². The van der Waals surface area contributed by atoms with Crippen LogP contribution in [0.15, 0.2) is 30.7 Å². The lowest BCUT2D eigenvalue weighted by molar-refractivity contribution is 0.0938. The van der Waals surface area contributed by atoms with Gasteiger partial charge in [-0.3, -0.25) is 9.69 Å². The summed E-state index contributed by atoms with van der Waals surface area (Å²) in [7, 11) is 2.14. The Morgan fingerprint density at radius 2 is 1.89 bits per heavy atom. The standard InChI is InChI=1S/C27H37N9O/c1-4-34-9-11-35(12-10-34)8-6-29-27(37)22-15-31-36(18-22)26-25(28)30-16-24(32-26)20-13-19(2)23-5-7-33(3)17-21(23)14-20/h13-16,18H,4-12,17H2,1-3H3,(H2,28,30)(H,29,37). The normalized spacial score (nSPS) is 17.1. The lowest BCUT2D eigenvalue weighted by Gasteiger charge is -2.33. The van der Waals surface area contributed by atoms with Gasteiger partial charge in [-0.15, -0.1) is 0 Å². The summed E-state index contributed by atoms with van der Waals surface area (Å²) in [6.45, 7) is 13.1. The molecule has 4 heterocycles. The van der Waals surface area contributed by atoms with Gasteiger partial charge in [0.1, 0.15) is 0 Å². The molecular formula is C27H37N9O. The summed E-state index contributed by atoms with van der Waals surface area (Å²) in [5.74, 6) is 0.521. The van der Waals surface area contributed by atoms with Crippen molar-refractivity contribution in [1.82, 2.24) is 39.8 Å². The minimum Gasteiger partial charge on any atom is -0.381 e. The Balaban J connectivity index is 1.27. The summed E-state index contributed by atoms with van der Waals surface area (Å²) in [5.41, 5.74) is 12.4. The van der Waals surface area contributed by atoms with Crippen molar-refractivity contribution >= 4 is 11.7 Å². The number of nitrogen functional groups attached to an aromatic ring is 1. The maximum Gasteiger partial charge on any atom is 0.254 e. The second-order valence-electron chi connectivity index (χ2n) is 10.1. The highest BCUT2D eigenvalue weighted by Crippen LogP contribution is 2.29. The van der Waals surface area contributed by atoms with Gasteiger partial charge in [-0.1, -0.05) is 6.92 Å². The van der Waals surface area contributed by atoms with Gasteiger partial charge in [-0.05, 0) is 55.8 Å². The topological polar surface area (TPSA) is 108 Å². The molecule has 5 rings (SSSR count). The molecule has 2 aliphatic heterocycles. The largest absolute Gasteiger partial charge is 0.381 e. The molecule has 1 amide bonds. The second kappa shape index (κ2) is 11.0. The van der Waals surface area contributed by atoms with Crippen molar-refractivity contribution in [3.8, 4) is 17.1 Å². The molecular weight excluding hydrogens is 466 g/mol. The maximum atomic E-state index is 12.7. The third-order valence-corrected chi connectivity index (χ3v) is 7.51. The van der Waals surface area contributed by atoms with E-state index in [0.717, 1.165) is 70.0 Å². The Kier molecular flexibility index (Phi) is 7.50. The number of carbonyl (C=O) groups excluding carboxylic acids is 1. The summed E-state index contributed by atoms with van der Waals surface area (Å²) >= 11 is 0. The van der Waals surface area contributed by atoms with Crippen molar-refractivity contribution in [3.63, 3.8) is 0 Å². The highest BCUT2D eigenvalue weighted by atomic mass is 16.1. The third-order valence-electron chi connectivity index (χ3n) is 7.51. The number of rotatable bonds is 7. The van der Waals surface area contributed by atoms with Crippen LogP contribution in [0.5, 0.6) is 0 Å². The zero-order valence-electron chi connectivity index (χ0n) is 22.1. The van der Waals surface area contributed by atoms with E-state index in [2.05, 4.69) is 63.1 Å². The van der Waals surface area contributed by atoms with Crippen LogP contribution in [0.4, 0.5) is 5.82 Å². The number of nitrogens with one attached hydrogen (secondary N) is 1. The van der Waals surface area contributed by atoms with Crippen LogP contribution >= 0.6 is 0 Å². The van der Waals surface area contributed by atoms with Gasteiger partial charge in [-0.25, -0.2) is 14.6 Å². The number of hydrogen-bond acceptors (Lipinski definition) is 8. The van der Waals surface area contributed by atoms with Gasteiger partial charge in [0, 0.05) is 64.1 Å². The number of aromatic nitrogens is 4. The first-order valence-corrected chi connectivity index (χ1v) is 13.1. The van der Waals surface area contributed by atoms with Crippen molar-refractivity contribution < 1.29 is 4.79 Å². The van der Waals surface area contributed by atoms with Gasteiger partial charge in [-0.2, -0.15) is 5.10 Å². The van der Waals surface area contributed by atoms with Crippen LogP contribution in [0.3, 0.4) is 0 Å². The number of benzene rings is 1. The maximum absolute atomic E-state index is 12.7. The number of hydrogen-bond donors (Lipinski definition) is 2. The van der Waals surface area contributed by atoms with E-state index in [-0.39, 0.29) is 11.7 Å². The van der Waals surface area contributed by atoms with Gasteiger partial charge < -0.3 is 20.9 Å². The Labute approximate surface area is 218 Å². The Morgan fingerprint density at radius 1 is 1.11 bits per heavy atom. The van der Waals surface area contributed by atoms with Gasteiger partial charge >= 0.3 is 0 Å². The number of nitrogens with zero attached hydrogens (tertiary/aromatic N) is 7. The van der Waals surface area contributed by atoms with Crippen LogP contribution in [0, 0.1) is 6.92 Å². The molecule has 2 aliphatic rings. The fraction of sp³-hybridized carbons (Fsp3) is 0.481. The molecule has 2 aromatic heterocycles. The first-order chi connectivity index (χ1) is 17.9. The van der Waals surface area contributed by atoms with Gasteiger partial charge in [0.25, 0.3) is 5.91 Å². The number of amides is 1. The van der Waals surface area contributed by atoms with E-state index < -0.39 is 0 Å². The van der Waals surface area contributed by atoms with Crippen molar-refractivity contribution in [1.29, 1.82) is 0 Å². The Hall–Kier alpha value is -3.34. The molecule has 10 heteroatoms. The van der Waals surface area contributed by atoms with Crippen LogP contribution < -0.4 is 11.1 Å². The van der Waals surface area contributed by atoms with Crippen LogP contribution in [0.2, 0.25) is 0 Å². The van der Waals surface area contributed by atoms with Gasteiger partial charge in [0.2, 0.25) is 0 Å². The van der Waals surface area contributed by atoms with E-state index in [1.807, 2.05) is 0 Å².